The van der Waals surface area contributed by atoms with Gasteiger partial charge in [0.05, 0.1) is 4.92 Å². The number of hydrogen-bond donors (Lipinski definition) is 2. The number of nitrogens with one attached hydrogen (secondary N) is 2. The fourth-order valence-corrected chi connectivity index (χ4v) is 2.83. The fourth-order valence-electron chi connectivity index (χ4n) is 2.83. The number of nitro benzene ring substituents is 1. The Morgan fingerprint density at radius 1 is 0.759 bits per heavy atom. The molecule has 0 heterocycles. The first-order valence-corrected chi connectivity index (χ1v) is 8.87. The monoisotopic (exact) mass is 389 g/mol. The highest BCUT2D eigenvalue weighted by Gasteiger charge is 2.18. The first-order chi connectivity index (χ1) is 13.8. The summed E-state index contributed by atoms with van der Waals surface area (Å²) in [5.41, 5.74) is 2.75. The normalized spacial score (nSPS) is 10.3. The van der Waals surface area contributed by atoms with Crippen molar-refractivity contribution >= 4 is 28.9 Å². The Balaban J connectivity index is 1.90. The van der Waals surface area contributed by atoms with Crippen molar-refractivity contribution in [3.05, 3.63) is 99.1 Å². The summed E-state index contributed by atoms with van der Waals surface area (Å²) in [6.45, 7) is 3.77. The number of carbonyl (C=O) groups is 2. The van der Waals surface area contributed by atoms with E-state index in [2.05, 4.69) is 10.6 Å². The van der Waals surface area contributed by atoms with Gasteiger partial charge in [-0.1, -0.05) is 24.3 Å². The van der Waals surface area contributed by atoms with Gasteiger partial charge in [-0.25, -0.2) is 0 Å². The fraction of sp³-hybridized carbons (Fsp3) is 0.0909. The number of aryl methyl sites for hydroxylation is 2. The van der Waals surface area contributed by atoms with E-state index in [1.54, 1.807) is 36.4 Å². The van der Waals surface area contributed by atoms with Crippen LogP contribution in [0.3, 0.4) is 0 Å². The van der Waals surface area contributed by atoms with Gasteiger partial charge in [0.2, 0.25) is 0 Å². The van der Waals surface area contributed by atoms with Crippen LogP contribution >= 0.6 is 0 Å². The molecule has 0 aliphatic rings. The second-order valence-electron chi connectivity index (χ2n) is 6.67. The molecule has 0 bridgehead atoms. The molecule has 0 spiro atoms. The number of rotatable bonds is 5. The molecule has 3 aromatic carbocycles. The molecule has 7 nitrogen and oxygen atoms in total. The molecule has 3 aromatic rings. The third kappa shape index (κ3) is 5.04. The average Bonchev–Trinajstić information content (AvgIpc) is 2.67. The Kier molecular flexibility index (Phi) is 5.69. The Morgan fingerprint density at radius 3 is 1.59 bits per heavy atom. The zero-order valence-electron chi connectivity index (χ0n) is 15.9. The molecule has 7 heteroatoms. The molecule has 0 saturated carbocycles. The highest BCUT2D eigenvalue weighted by Crippen LogP contribution is 2.21. The van der Waals surface area contributed by atoms with Crippen LogP contribution in [0.15, 0.2) is 66.7 Å². The number of anilines is 2. The molecule has 0 aliphatic carbocycles. The van der Waals surface area contributed by atoms with E-state index in [4.69, 9.17) is 0 Å². The van der Waals surface area contributed by atoms with Crippen molar-refractivity contribution in [3.8, 4) is 0 Å². The number of benzene rings is 3. The Bertz CT molecular complexity index is 1030. The molecule has 0 aliphatic heterocycles. The molecule has 0 saturated heterocycles. The van der Waals surface area contributed by atoms with Gasteiger partial charge in [0.1, 0.15) is 0 Å². The van der Waals surface area contributed by atoms with Crippen molar-refractivity contribution in [2.45, 2.75) is 13.8 Å². The van der Waals surface area contributed by atoms with Gasteiger partial charge in [-0.15, -0.1) is 0 Å². The molecule has 0 radical (unpaired) electrons. The summed E-state index contributed by atoms with van der Waals surface area (Å²) in [5.74, 6) is -1.08. The topological polar surface area (TPSA) is 101 Å². The highest BCUT2D eigenvalue weighted by atomic mass is 16.6. The Hall–Kier alpha value is -4.00. The molecule has 146 valence electrons. The molecule has 0 atom stereocenters. The number of hydrogen-bond acceptors (Lipinski definition) is 4. The van der Waals surface area contributed by atoms with Crippen LogP contribution in [-0.4, -0.2) is 16.7 Å². The standard InChI is InChI=1S/C22H19N3O4/c1-14-5-3-7-18(9-14)23-21(26)16-11-17(13-20(12-16)25(28)29)22(27)24-19-8-4-6-15(2)10-19/h3-13H,1-2H3,(H,23,26)(H,24,27). The van der Waals surface area contributed by atoms with Crippen LogP contribution < -0.4 is 10.6 Å². The molecule has 2 amide bonds. The third-order valence-electron chi connectivity index (χ3n) is 4.20. The zero-order valence-corrected chi connectivity index (χ0v) is 15.9. The minimum Gasteiger partial charge on any atom is -0.322 e. The zero-order chi connectivity index (χ0) is 21.0. The van der Waals surface area contributed by atoms with Crippen LogP contribution in [0.2, 0.25) is 0 Å². The Labute approximate surface area is 167 Å². The summed E-state index contributed by atoms with van der Waals surface area (Å²) >= 11 is 0. The van der Waals surface area contributed by atoms with E-state index < -0.39 is 16.7 Å². The predicted octanol–water partition coefficient (Wildman–Crippen LogP) is 4.72. The lowest BCUT2D eigenvalue weighted by molar-refractivity contribution is -0.384. The Morgan fingerprint density at radius 2 is 1.21 bits per heavy atom. The molecule has 29 heavy (non-hydrogen) atoms. The molecular formula is C22H19N3O4. The average molecular weight is 389 g/mol. The van der Waals surface area contributed by atoms with Gasteiger partial charge in [0.15, 0.2) is 0 Å². The third-order valence-corrected chi connectivity index (χ3v) is 4.20. The molecule has 2 N–H and O–H groups in total. The van der Waals surface area contributed by atoms with Gasteiger partial charge in [0.25, 0.3) is 17.5 Å². The van der Waals surface area contributed by atoms with Crippen LogP contribution in [0.1, 0.15) is 31.8 Å². The molecule has 0 unspecified atom stereocenters. The largest absolute Gasteiger partial charge is 0.322 e. The number of non-ortho nitro benzene ring substituents is 1. The van der Waals surface area contributed by atoms with Crippen molar-refractivity contribution in [2.75, 3.05) is 10.6 Å². The van der Waals surface area contributed by atoms with Gasteiger partial charge < -0.3 is 10.6 Å². The molecule has 0 aromatic heterocycles. The highest BCUT2D eigenvalue weighted by molar-refractivity contribution is 6.09. The summed E-state index contributed by atoms with van der Waals surface area (Å²) in [4.78, 5) is 35.9. The molecule has 0 fully saturated rings. The maximum atomic E-state index is 12.6. The number of carbonyl (C=O) groups excluding carboxylic acids is 2. The molecular weight excluding hydrogens is 370 g/mol. The quantitative estimate of drug-likeness (QED) is 0.487. The number of nitrogens with zero attached hydrogens (tertiary/aromatic N) is 1. The first kappa shape index (κ1) is 19.8. The van der Waals surface area contributed by atoms with E-state index >= 15 is 0 Å². The van der Waals surface area contributed by atoms with Crippen molar-refractivity contribution in [2.24, 2.45) is 0 Å². The van der Waals surface area contributed by atoms with Gasteiger partial charge >= 0.3 is 0 Å². The lowest BCUT2D eigenvalue weighted by Crippen LogP contribution is -2.16. The lowest BCUT2D eigenvalue weighted by Gasteiger charge is -2.09. The van der Waals surface area contributed by atoms with Crippen LogP contribution in [0, 0.1) is 24.0 Å². The summed E-state index contributed by atoms with van der Waals surface area (Å²) < 4.78 is 0. The smallest absolute Gasteiger partial charge is 0.271 e. The van der Waals surface area contributed by atoms with Gasteiger partial charge in [-0.3, -0.25) is 19.7 Å². The van der Waals surface area contributed by atoms with Crippen molar-refractivity contribution < 1.29 is 14.5 Å². The number of amides is 2. The van der Waals surface area contributed by atoms with Gasteiger partial charge in [-0.2, -0.15) is 0 Å². The van der Waals surface area contributed by atoms with Gasteiger partial charge in [0, 0.05) is 34.6 Å². The lowest BCUT2D eigenvalue weighted by atomic mass is 10.1. The maximum Gasteiger partial charge on any atom is 0.271 e. The van der Waals surface area contributed by atoms with Crippen LogP contribution in [0.4, 0.5) is 17.1 Å². The number of nitro groups is 1. The summed E-state index contributed by atoms with van der Waals surface area (Å²) in [6.07, 6.45) is 0. The SMILES string of the molecule is Cc1cccc(NC(=O)c2cc(C(=O)Nc3cccc(C)c3)cc([N+](=O)[O-])c2)c1. The maximum absolute atomic E-state index is 12.6. The van der Waals surface area contributed by atoms with E-state index in [-0.39, 0.29) is 16.8 Å². The van der Waals surface area contributed by atoms with Crippen molar-refractivity contribution in [3.63, 3.8) is 0 Å². The second-order valence-corrected chi connectivity index (χ2v) is 6.67. The second kappa shape index (κ2) is 8.35. The molecule has 3 rings (SSSR count). The summed E-state index contributed by atoms with van der Waals surface area (Å²) in [5, 5.41) is 16.7. The minimum absolute atomic E-state index is 0.0232. The van der Waals surface area contributed by atoms with Crippen LogP contribution in [0.5, 0.6) is 0 Å². The summed E-state index contributed by atoms with van der Waals surface area (Å²) in [6, 6.07) is 18.0. The minimum atomic E-state index is -0.632. The van der Waals surface area contributed by atoms with Crippen molar-refractivity contribution in [1.82, 2.24) is 0 Å². The van der Waals surface area contributed by atoms with Crippen LogP contribution in [0.25, 0.3) is 0 Å². The van der Waals surface area contributed by atoms with E-state index in [0.29, 0.717) is 11.4 Å². The van der Waals surface area contributed by atoms with Crippen LogP contribution in [-0.2, 0) is 0 Å². The summed E-state index contributed by atoms with van der Waals surface area (Å²) in [7, 11) is 0. The first-order valence-electron chi connectivity index (χ1n) is 8.87. The predicted molar refractivity (Wildman–Crippen MR) is 111 cm³/mol. The van der Waals surface area contributed by atoms with Gasteiger partial charge in [-0.05, 0) is 55.3 Å². The van der Waals surface area contributed by atoms with E-state index in [1.165, 1.54) is 6.07 Å². The van der Waals surface area contributed by atoms with E-state index in [9.17, 15) is 19.7 Å². The van der Waals surface area contributed by atoms with Crippen molar-refractivity contribution in [1.29, 1.82) is 0 Å². The van der Waals surface area contributed by atoms with E-state index in [1.807, 2.05) is 26.0 Å². The van der Waals surface area contributed by atoms with E-state index in [0.717, 1.165) is 23.3 Å².